The van der Waals surface area contributed by atoms with Gasteiger partial charge in [-0.25, -0.2) is 9.18 Å². The molecule has 14 heavy (non-hydrogen) atoms. The van der Waals surface area contributed by atoms with Gasteiger partial charge in [0.1, 0.15) is 0 Å². The molecular formula is C10H10ClFO2. The minimum atomic E-state index is -2.23. The van der Waals surface area contributed by atoms with Crippen LogP contribution >= 0.6 is 11.6 Å². The van der Waals surface area contributed by atoms with Crippen molar-refractivity contribution in [1.29, 1.82) is 0 Å². The number of hydrogen-bond donors (Lipinski definition) is 1. The summed E-state index contributed by atoms with van der Waals surface area (Å²) in [7, 11) is 0. The first-order valence-corrected chi connectivity index (χ1v) is 4.46. The molecule has 1 aromatic rings. The summed E-state index contributed by atoms with van der Waals surface area (Å²) in [6.07, 6.45) is -0.153. The lowest BCUT2D eigenvalue weighted by molar-refractivity contribution is -0.149. The number of carbonyl (C=O) groups is 1. The molecule has 0 saturated heterocycles. The van der Waals surface area contributed by atoms with Crippen LogP contribution in [-0.4, -0.2) is 16.7 Å². The van der Waals surface area contributed by atoms with Crippen LogP contribution in [0.15, 0.2) is 24.3 Å². The maximum absolute atomic E-state index is 13.4. The van der Waals surface area contributed by atoms with Crippen LogP contribution in [0.25, 0.3) is 0 Å². The molecule has 4 heteroatoms. The first-order chi connectivity index (χ1) is 6.42. The third kappa shape index (κ3) is 2.70. The Morgan fingerprint density at radius 1 is 1.50 bits per heavy atom. The predicted molar refractivity (Wildman–Crippen MR) is 52.3 cm³/mol. The molecule has 0 aliphatic rings. The topological polar surface area (TPSA) is 37.3 Å². The number of carboxylic acid groups (broad SMARTS) is 1. The number of halogens is 2. The number of carboxylic acids is 1. The van der Waals surface area contributed by atoms with Crippen LogP contribution in [0.5, 0.6) is 0 Å². The van der Waals surface area contributed by atoms with Crippen LogP contribution in [0.4, 0.5) is 4.39 Å². The Bertz CT molecular complexity index is 332. The molecule has 0 heterocycles. The van der Waals surface area contributed by atoms with Gasteiger partial charge in [-0.2, -0.15) is 0 Å². The van der Waals surface area contributed by atoms with E-state index >= 15 is 0 Å². The smallest absolute Gasteiger partial charge is 0.341 e. The van der Waals surface area contributed by atoms with E-state index < -0.39 is 11.6 Å². The second-order valence-electron chi connectivity index (χ2n) is 3.31. The minimum Gasteiger partial charge on any atom is -0.479 e. The fourth-order valence-electron chi connectivity index (χ4n) is 1.06. The standard InChI is InChI=1S/C10H10ClFO2/c1-10(12,9(13)14)6-7-2-4-8(11)5-3-7/h2-5H,6H2,1H3,(H,13,14). The van der Waals surface area contributed by atoms with Gasteiger partial charge in [-0.1, -0.05) is 23.7 Å². The summed E-state index contributed by atoms with van der Waals surface area (Å²) >= 11 is 5.64. The number of rotatable bonds is 3. The quantitative estimate of drug-likeness (QED) is 0.844. The van der Waals surface area contributed by atoms with Crippen molar-refractivity contribution in [3.05, 3.63) is 34.9 Å². The van der Waals surface area contributed by atoms with Crippen molar-refractivity contribution >= 4 is 17.6 Å². The third-order valence-corrected chi connectivity index (χ3v) is 2.15. The fraction of sp³-hybridized carbons (Fsp3) is 0.300. The lowest BCUT2D eigenvalue weighted by Gasteiger charge is -2.14. The molecule has 0 radical (unpaired) electrons. The molecule has 0 spiro atoms. The molecule has 1 N–H and O–H groups in total. The van der Waals surface area contributed by atoms with Gasteiger partial charge in [-0.05, 0) is 24.6 Å². The molecule has 0 aromatic heterocycles. The van der Waals surface area contributed by atoms with E-state index in [1.54, 1.807) is 24.3 Å². The molecule has 0 aliphatic heterocycles. The zero-order valence-electron chi connectivity index (χ0n) is 7.63. The van der Waals surface area contributed by atoms with Crippen molar-refractivity contribution in [1.82, 2.24) is 0 Å². The van der Waals surface area contributed by atoms with Gasteiger partial charge in [0.25, 0.3) is 0 Å². The molecule has 76 valence electrons. The average Bonchev–Trinajstić information content (AvgIpc) is 2.08. The average molecular weight is 217 g/mol. The van der Waals surface area contributed by atoms with Gasteiger partial charge in [-0.15, -0.1) is 0 Å². The fourth-order valence-corrected chi connectivity index (χ4v) is 1.19. The Hall–Kier alpha value is -1.09. The van der Waals surface area contributed by atoms with Crippen LogP contribution in [0, 0.1) is 0 Å². The summed E-state index contributed by atoms with van der Waals surface area (Å²) in [5.74, 6) is -1.45. The van der Waals surface area contributed by atoms with E-state index in [0.717, 1.165) is 6.92 Å². The summed E-state index contributed by atoms with van der Waals surface area (Å²) < 4.78 is 13.4. The van der Waals surface area contributed by atoms with E-state index in [4.69, 9.17) is 16.7 Å². The molecule has 1 atom stereocenters. The maximum Gasteiger partial charge on any atom is 0.341 e. The second kappa shape index (κ2) is 3.96. The van der Waals surface area contributed by atoms with E-state index in [1.807, 2.05) is 0 Å². The van der Waals surface area contributed by atoms with Crippen LogP contribution in [-0.2, 0) is 11.2 Å². The van der Waals surface area contributed by atoms with Crippen LogP contribution in [0.1, 0.15) is 12.5 Å². The normalized spacial score (nSPS) is 14.8. The van der Waals surface area contributed by atoms with Gasteiger partial charge in [0.2, 0.25) is 5.67 Å². The summed E-state index contributed by atoms with van der Waals surface area (Å²) in [5, 5.41) is 9.10. The van der Waals surface area contributed by atoms with E-state index in [-0.39, 0.29) is 6.42 Å². The van der Waals surface area contributed by atoms with Gasteiger partial charge in [-0.3, -0.25) is 0 Å². The Morgan fingerprint density at radius 3 is 2.43 bits per heavy atom. The minimum absolute atomic E-state index is 0.153. The molecule has 0 saturated carbocycles. The van der Waals surface area contributed by atoms with Crippen molar-refractivity contribution in [2.45, 2.75) is 19.0 Å². The molecule has 0 aliphatic carbocycles. The van der Waals surface area contributed by atoms with E-state index in [0.29, 0.717) is 10.6 Å². The van der Waals surface area contributed by atoms with Gasteiger partial charge in [0.05, 0.1) is 0 Å². The third-order valence-electron chi connectivity index (χ3n) is 1.90. The lowest BCUT2D eigenvalue weighted by atomic mass is 9.99. The summed E-state index contributed by atoms with van der Waals surface area (Å²) in [6.45, 7) is 1.05. The highest BCUT2D eigenvalue weighted by Crippen LogP contribution is 2.19. The highest BCUT2D eigenvalue weighted by molar-refractivity contribution is 6.30. The van der Waals surface area contributed by atoms with E-state index in [1.165, 1.54) is 0 Å². The van der Waals surface area contributed by atoms with Crippen molar-refractivity contribution in [2.75, 3.05) is 0 Å². The predicted octanol–water partition coefficient (Wildman–Crippen LogP) is 2.70. The zero-order valence-corrected chi connectivity index (χ0v) is 8.38. The molecule has 0 fully saturated rings. The molecule has 0 amide bonds. The molecule has 1 rings (SSSR count). The van der Waals surface area contributed by atoms with Gasteiger partial charge >= 0.3 is 5.97 Å². The zero-order chi connectivity index (χ0) is 10.8. The highest BCUT2D eigenvalue weighted by Gasteiger charge is 2.32. The van der Waals surface area contributed by atoms with E-state index in [2.05, 4.69) is 0 Å². The van der Waals surface area contributed by atoms with Crippen LogP contribution in [0.2, 0.25) is 5.02 Å². The summed E-state index contributed by atoms with van der Waals surface area (Å²) in [5.41, 5.74) is -1.62. The Labute approximate surface area is 86.3 Å². The van der Waals surface area contributed by atoms with Crippen LogP contribution in [0.3, 0.4) is 0 Å². The van der Waals surface area contributed by atoms with Crippen molar-refractivity contribution in [3.8, 4) is 0 Å². The number of hydrogen-bond acceptors (Lipinski definition) is 1. The monoisotopic (exact) mass is 216 g/mol. The SMILES string of the molecule is CC(F)(Cc1ccc(Cl)cc1)C(=O)O. The molecular weight excluding hydrogens is 207 g/mol. The molecule has 0 bridgehead atoms. The van der Waals surface area contributed by atoms with Crippen LogP contribution < -0.4 is 0 Å². The van der Waals surface area contributed by atoms with Crippen molar-refractivity contribution < 1.29 is 14.3 Å². The Kier molecular flexibility index (Phi) is 3.11. The summed E-state index contributed by atoms with van der Waals surface area (Å²) in [6, 6.07) is 6.44. The summed E-state index contributed by atoms with van der Waals surface area (Å²) in [4.78, 5) is 10.5. The number of aliphatic carboxylic acids is 1. The van der Waals surface area contributed by atoms with E-state index in [9.17, 15) is 9.18 Å². The van der Waals surface area contributed by atoms with Gasteiger partial charge in [0, 0.05) is 11.4 Å². The van der Waals surface area contributed by atoms with Gasteiger partial charge in [0.15, 0.2) is 0 Å². The number of alkyl halides is 1. The first-order valence-electron chi connectivity index (χ1n) is 4.08. The second-order valence-corrected chi connectivity index (χ2v) is 3.74. The largest absolute Gasteiger partial charge is 0.479 e. The first kappa shape index (κ1) is 11.0. The van der Waals surface area contributed by atoms with Crippen molar-refractivity contribution in [2.24, 2.45) is 0 Å². The molecule has 1 aromatic carbocycles. The number of benzene rings is 1. The van der Waals surface area contributed by atoms with Crippen molar-refractivity contribution in [3.63, 3.8) is 0 Å². The maximum atomic E-state index is 13.4. The Morgan fingerprint density at radius 2 is 2.00 bits per heavy atom. The lowest BCUT2D eigenvalue weighted by Crippen LogP contribution is -2.32. The van der Waals surface area contributed by atoms with Gasteiger partial charge < -0.3 is 5.11 Å². The molecule has 1 unspecified atom stereocenters. The molecule has 2 nitrogen and oxygen atoms in total. The highest BCUT2D eigenvalue weighted by atomic mass is 35.5. The Balaban J connectivity index is 2.79.